The molecule has 0 amide bonds. The van der Waals surface area contributed by atoms with E-state index in [1.54, 1.807) is 17.6 Å². The summed E-state index contributed by atoms with van der Waals surface area (Å²) in [4.78, 5) is 8.03. The third-order valence-corrected chi connectivity index (χ3v) is 4.28. The van der Waals surface area contributed by atoms with Gasteiger partial charge in [-0.25, -0.2) is 4.98 Å². The van der Waals surface area contributed by atoms with Gasteiger partial charge in [-0.05, 0) is 30.8 Å². The van der Waals surface area contributed by atoms with E-state index < -0.39 is 0 Å². The molecular weight excluding hydrogens is 246 g/mol. The maximum atomic E-state index is 5.78. The molecule has 4 nitrogen and oxygen atoms in total. The topological polar surface area (TPSA) is 55.3 Å². The van der Waals surface area contributed by atoms with Crippen LogP contribution in [0, 0.1) is 0 Å². The molecule has 0 aromatic carbocycles. The Balaban J connectivity index is 1.70. The third-order valence-electron chi connectivity index (χ3n) is 3.42. The predicted octanol–water partition coefficient (Wildman–Crippen LogP) is 2.33. The number of aromatic nitrogens is 1. The van der Waals surface area contributed by atoms with Gasteiger partial charge in [-0.15, -0.1) is 11.3 Å². The summed E-state index contributed by atoms with van der Waals surface area (Å²) in [6.07, 6.45) is 4.20. The number of hydrogen-bond acceptors (Lipinski definition) is 5. The van der Waals surface area contributed by atoms with Crippen molar-refractivity contribution < 1.29 is 4.42 Å². The highest BCUT2D eigenvalue weighted by Gasteiger charge is 2.24. The first-order valence-electron chi connectivity index (χ1n) is 6.29. The molecule has 18 heavy (non-hydrogen) atoms. The van der Waals surface area contributed by atoms with E-state index in [2.05, 4.69) is 9.88 Å². The number of hydrogen-bond donors (Lipinski definition) is 1. The zero-order valence-corrected chi connectivity index (χ0v) is 11.0. The van der Waals surface area contributed by atoms with Crippen LogP contribution in [0.2, 0.25) is 0 Å². The monoisotopic (exact) mass is 263 g/mol. The van der Waals surface area contributed by atoms with Crippen LogP contribution in [-0.2, 0) is 6.54 Å². The average molecular weight is 263 g/mol. The zero-order valence-electron chi connectivity index (χ0n) is 10.2. The Morgan fingerprint density at radius 3 is 3.28 bits per heavy atom. The Bertz CT molecular complexity index is 494. The van der Waals surface area contributed by atoms with E-state index in [9.17, 15) is 0 Å². The Morgan fingerprint density at radius 2 is 2.50 bits per heavy atom. The molecule has 1 saturated heterocycles. The SMILES string of the molecule is NCC1CCCN1Cc1coc(-c2cccs2)n1. The van der Waals surface area contributed by atoms with Crippen LogP contribution < -0.4 is 5.73 Å². The van der Waals surface area contributed by atoms with Gasteiger partial charge in [-0.1, -0.05) is 6.07 Å². The van der Waals surface area contributed by atoms with Crippen LogP contribution in [0.3, 0.4) is 0 Å². The van der Waals surface area contributed by atoms with Crippen molar-refractivity contribution in [1.29, 1.82) is 0 Å². The quantitative estimate of drug-likeness (QED) is 0.919. The highest BCUT2D eigenvalue weighted by atomic mass is 32.1. The van der Waals surface area contributed by atoms with Gasteiger partial charge in [0.15, 0.2) is 0 Å². The lowest BCUT2D eigenvalue weighted by Gasteiger charge is -2.21. The smallest absolute Gasteiger partial charge is 0.236 e. The minimum atomic E-state index is 0.506. The second-order valence-corrected chi connectivity index (χ2v) is 5.57. The van der Waals surface area contributed by atoms with Crippen LogP contribution in [0.5, 0.6) is 0 Å². The molecule has 2 aromatic rings. The van der Waals surface area contributed by atoms with Gasteiger partial charge in [0.2, 0.25) is 5.89 Å². The van der Waals surface area contributed by atoms with Crippen LogP contribution in [0.15, 0.2) is 28.2 Å². The van der Waals surface area contributed by atoms with E-state index >= 15 is 0 Å². The summed E-state index contributed by atoms with van der Waals surface area (Å²) < 4.78 is 5.53. The molecule has 2 N–H and O–H groups in total. The number of thiophene rings is 1. The molecule has 0 bridgehead atoms. The second-order valence-electron chi connectivity index (χ2n) is 4.62. The minimum Gasteiger partial charge on any atom is -0.444 e. The summed E-state index contributed by atoms with van der Waals surface area (Å²) in [5, 5.41) is 2.03. The zero-order chi connectivity index (χ0) is 12.4. The van der Waals surface area contributed by atoms with Crippen molar-refractivity contribution in [3.05, 3.63) is 29.5 Å². The van der Waals surface area contributed by atoms with Crippen molar-refractivity contribution in [2.75, 3.05) is 13.1 Å². The minimum absolute atomic E-state index is 0.506. The van der Waals surface area contributed by atoms with Crippen LogP contribution >= 0.6 is 11.3 Å². The molecule has 0 aliphatic carbocycles. The fraction of sp³-hybridized carbons (Fsp3) is 0.462. The molecule has 96 valence electrons. The molecule has 3 rings (SSSR count). The van der Waals surface area contributed by atoms with Gasteiger partial charge in [-0.2, -0.15) is 0 Å². The van der Waals surface area contributed by atoms with Crippen molar-refractivity contribution >= 4 is 11.3 Å². The van der Waals surface area contributed by atoms with Gasteiger partial charge in [0.1, 0.15) is 6.26 Å². The summed E-state index contributed by atoms with van der Waals surface area (Å²) in [6.45, 7) is 2.69. The Hall–Kier alpha value is -1.17. The van der Waals surface area contributed by atoms with E-state index in [0.717, 1.165) is 36.1 Å². The summed E-state index contributed by atoms with van der Waals surface area (Å²) in [5.74, 6) is 0.725. The third kappa shape index (κ3) is 2.34. The fourth-order valence-electron chi connectivity index (χ4n) is 2.47. The molecule has 1 aliphatic rings. The van der Waals surface area contributed by atoms with Crippen LogP contribution in [0.25, 0.3) is 10.8 Å². The normalized spacial score (nSPS) is 20.6. The van der Waals surface area contributed by atoms with Crippen molar-refractivity contribution in [2.45, 2.75) is 25.4 Å². The summed E-state index contributed by atoms with van der Waals surface area (Å²) in [7, 11) is 0. The van der Waals surface area contributed by atoms with Crippen molar-refractivity contribution in [3.8, 4) is 10.8 Å². The first-order valence-corrected chi connectivity index (χ1v) is 7.17. The molecule has 0 saturated carbocycles. The lowest BCUT2D eigenvalue weighted by atomic mass is 10.2. The van der Waals surface area contributed by atoms with E-state index in [0.29, 0.717) is 6.04 Å². The van der Waals surface area contributed by atoms with Crippen LogP contribution in [0.4, 0.5) is 0 Å². The number of oxazole rings is 1. The standard InChI is InChI=1S/C13H17N3OS/c14-7-11-3-1-5-16(11)8-10-9-17-13(15-10)12-4-2-6-18-12/h2,4,6,9,11H,1,3,5,7-8,14H2. The Morgan fingerprint density at radius 1 is 1.56 bits per heavy atom. The molecule has 2 aromatic heterocycles. The number of rotatable bonds is 4. The van der Waals surface area contributed by atoms with Crippen LogP contribution in [0.1, 0.15) is 18.5 Å². The molecule has 1 fully saturated rings. The molecule has 0 spiro atoms. The van der Waals surface area contributed by atoms with Crippen LogP contribution in [-0.4, -0.2) is 29.0 Å². The van der Waals surface area contributed by atoms with Gasteiger partial charge in [0.25, 0.3) is 0 Å². The van der Waals surface area contributed by atoms with Gasteiger partial charge >= 0.3 is 0 Å². The van der Waals surface area contributed by atoms with E-state index in [1.165, 1.54) is 12.8 Å². The summed E-state index contributed by atoms with van der Waals surface area (Å²) in [5.41, 5.74) is 6.78. The summed E-state index contributed by atoms with van der Waals surface area (Å²) >= 11 is 1.65. The first kappa shape index (κ1) is 11.9. The van der Waals surface area contributed by atoms with Gasteiger partial charge < -0.3 is 10.2 Å². The average Bonchev–Trinajstić information content (AvgIpc) is 3.10. The lowest BCUT2D eigenvalue weighted by Crippen LogP contribution is -2.34. The molecule has 1 aliphatic heterocycles. The Labute approximate surface area is 110 Å². The van der Waals surface area contributed by atoms with E-state index in [1.807, 2.05) is 17.5 Å². The fourth-order valence-corrected chi connectivity index (χ4v) is 3.13. The highest BCUT2D eigenvalue weighted by molar-refractivity contribution is 7.13. The predicted molar refractivity (Wildman–Crippen MR) is 72.3 cm³/mol. The Kier molecular flexibility index (Phi) is 3.45. The maximum Gasteiger partial charge on any atom is 0.236 e. The highest BCUT2D eigenvalue weighted by Crippen LogP contribution is 2.25. The molecule has 1 unspecified atom stereocenters. The van der Waals surface area contributed by atoms with E-state index in [-0.39, 0.29) is 0 Å². The van der Waals surface area contributed by atoms with Crippen molar-refractivity contribution in [2.24, 2.45) is 5.73 Å². The molecular formula is C13H17N3OS. The van der Waals surface area contributed by atoms with Gasteiger partial charge in [-0.3, -0.25) is 4.90 Å². The summed E-state index contributed by atoms with van der Waals surface area (Å²) in [6, 6.07) is 4.54. The lowest BCUT2D eigenvalue weighted by molar-refractivity contribution is 0.247. The van der Waals surface area contributed by atoms with Crippen molar-refractivity contribution in [3.63, 3.8) is 0 Å². The van der Waals surface area contributed by atoms with Crippen molar-refractivity contribution in [1.82, 2.24) is 9.88 Å². The van der Waals surface area contributed by atoms with Gasteiger partial charge in [0, 0.05) is 19.1 Å². The molecule has 1 atom stereocenters. The number of nitrogens with zero attached hydrogens (tertiary/aromatic N) is 2. The van der Waals surface area contributed by atoms with E-state index in [4.69, 9.17) is 10.2 Å². The largest absolute Gasteiger partial charge is 0.444 e. The first-order chi connectivity index (χ1) is 8.86. The second kappa shape index (κ2) is 5.22. The van der Waals surface area contributed by atoms with Gasteiger partial charge in [0.05, 0.1) is 10.6 Å². The molecule has 3 heterocycles. The number of nitrogens with two attached hydrogens (primary N) is 1. The maximum absolute atomic E-state index is 5.78. The molecule has 5 heteroatoms. The molecule has 0 radical (unpaired) electrons. The number of likely N-dealkylation sites (tertiary alicyclic amines) is 1.